The van der Waals surface area contributed by atoms with Crippen molar-refractivity contribution in [3.63, 3.8) is 0 Å². The third kappa shape index (κ3) is 4.20. The lowest BCUT2D eigenvalue weighted by Gasteiger charge is -2.09. The summed E-state index contributed by atoms with van der Waals surface area (Å²) in [7, 11) is 1.28. The van der Waals surface area contributed by atoms with Crippen LogP contribution in [0.1, 0.15) is 24.5 Å². The second-order valence-corrected chi connectivity index (χ2v) is 4.52. The van der Waals surface area contributed by atoms with Crippen LogP contribution in [0.25, 0.3) is 0 Å². The molecule has 2 N–H and O–H groups in total. The van der Waals surface area contributed by atoms with Crippen molar-refractivity contribution in [1.29, 1.82) is 0 Å². The first kappa shape index (κ1) is 14.8. The minimum Gasteiger partial charge on any atom is -0.469 e. The standard InChI is InChI=1S/C14H16N2O5/c1-20-13(18)7-6-12(17)16-10-4-2-9(3-5-10)11-8-15-14(19)21-11/h2-5,11H,6-8H2,1H3,(H,15,19)(H,16,17). The first-order valence-corrected chi connectivity index (χ1v) is 6.49. The first-order valence-electron chi connectivity index (χ1n) is 6.49. The summed E-state index contributed by atoms with van der Waals surface area (Å²) < 4.78 is 9.52. The molecule has 1 atom stereocenters. The summed E-state index contributed by atoms with van der Waals surface area (Å²) in [6.45, 7) is 0.434. The average Bonchev–Trinajstić information content (AvgIpc) is 2.92. The van der Waals surface area contributed by atoms with Crippen molar-refractivity contribution in [2.45, 2.75) is 18.9 Å². The molecule has 1 aliphatic heterocycles. The number of benzene rings is 1. The van der Waals surface area contributed by atoms with E-state index in [4.69, 9.17) is 4.74 Å². The summed E-state index contributed by atoms with van der Waals surface area (Å²) in [6, 6.07) is 7.00. The molecule has 7 heteroatoms. The third-order valence-corrected chi connectivity index (χ3v) is 3.03. The molecular weight excluding hydrogens is 276 g/mol. The second kappa shape index (κ2) is 6.74. The number of nitrogens with one attached hydrogen (secondary N) is 2. The van der Waals surface area contributed by atoms with Crippen LogP contribution in [0.2, 0.25) is 0 Å². The number of hydrogen-bond donors (Lipinski definition) is 2. The van der Waals surface area contributed by atoms with Crippen molar-refractivity contribution in [1.82, 2.24) is 5.32 Å². The van der Waals surface area contributed by atoms with Crippen LogP contribution in [0.15, 0.2) is 24.3 Å². The lowest BCUT2D eigenvalue weighted by molar-refractivity contribution is -0.141. The summed E-state index contributed by atoms with van der Waals surface area (Å²) in [5.41, 5.74) is 1.46. The number of carbonyl (C=O) groups excluding carboxylic acids is 3. The van der Waals surface area contributed by atoms with Gasteiger partial charge in [-0.1, -0.05) is 12.1 Å². The van der Waals surface area contributed by atoms with Gasteiger partial charge in [0.15, 0.2) is 0 Å². The molecule has 112 valence electrons. The van der Waals surface area contributed by atoms with Gasteiger partial charge in [-0.15, -0.1) is 0 Å². The van der Waals surface area contributed by atoms with Gasteiger partial charge in [0.25, 0.3) is 0 Å². The highest BCUT2D eigenvalue weighted by atomic mass is 16.6. The number of alkyl carbamates (subject to hydrolysis) is 1. The number of hydrogen-bond acceptors (Lipinski definition) is 5. The van der Waals surface area contributed by atoms with Crippen molar-refractivity contribution in [2.75, 3.05) is 19.0 Å². The SMILES string of the molecule is COC(=O)CCC(=O)Nc1ccc(C2CNC(=O)O2)cc1. The Morgan fingerprint density at radius 3 is 2.62 bits per heavy atom. The molecule has 0 radical (unpaired) electrons. The zero-order valence-corrected chi connectivity index (χ0v) is 11.5. The Labute approximate surface area is 121 Å². The minimum atomic E-state index is -0.430. The van der Waals surface area contributed by atoms with E-state index in [0.29, 0.717) is 12.2 Å². The molecule has 1 aliphatic rings. The van der Waals surface area contributed by atoms with Crippen LogP contribution in [0, 0.1) is 0 Å². The van der Waals surface area contributed by atoms with Gasteiger partial charge in [-0.25, -0.2) is 4.79 Å². The van der Waals surface area contributed by atoms with Crippen LogP contribution in [0.3, 0.4) is 0 Å². The summed E-state index contributed by atoms with van der Waals surface area (Å²) in [5, 5.41) is 5.25. The molecule has 1 heterocycles. The lowest BCUT2D eigenvalue weighted by atomic mass is 10.1. The van der Waals surface area contributed by atoms with E-state index in [1.165, 1.54) is 7.11 Å². The number of cyclic esters (lactones) is 1. The van der Waals surface area contributed by atoms with E-state index in [2.05, 4.69) is 15.4 Å². The molecule has 0 bridgehead atoms. The molecule has 7 nitrogen and oxygen atoms in total. The van der Waals surface area contributed by atoms with Crippen LogP contribution in [0.5, 0.6) is 0 Å². The Morgan fingerprint density at radius 2 is 2.05 bits per heavy atom. The Morgan fingerprint density at radius 1 is 1.33 bits per heavy atom. The number of anilines is 1. The Hall–Kier alpha value is -2.57. The molecule has 2 rings (SSSR count). The van der Waals surface area contributed by atoms with E-state index < -0.39 is 12.1 Å². The summed E-state index contributed by atoms with van der Waals surface area (Å²) in [6.07, 6.45) is -0.621. The highest BCUT2D eigenvalue weighted by Crippen LogP contribution is 2.22. The number of esters is 1. The molecule has 0 spiro atoms. The van der Waals surface area contributed by atoms with Crippen molar-refractivity contribution < 1.29 is 23.9 Å². The van der Waals surface area contributed by atoms with Gasteiger partial charge >= 0.3 is 12.1 Å². The molecule has 1 aromatic carbocycles. The van der Waals surface area contributed by atoms with Crippen molar-refractivity contribution in [3.8, 4) is 0 Å². The predicted octanol–water partition coefficient (Wildman–Crippen LogP) is 1.36. The molecule has 1 fully saturated rings. The summed E-state index contributed by atoms with van der Waals surface area (Å²) >= 11 is 0. The summed E-state index contributed by atoms with van der Waals surface area (Å²) in [5.74, 6) is -0.682. The van der Waals surface area contributed by atoms with Gasteiger partial charge < -0.3 is 20.1 Å². The molecule has 1 unspecified atom stereocenters. The summed E-state index contributed by atoms with van der Waals surface area (Å²) in [4.78, 5) is 33.5. The van der Waals surface area contributed by atoms with Crippen LogP contribution in [-0.4, -0.2) is 31.6 Å². The van der Waals surface area contributed by atoms with Crippen molar-refractivity contribution in [3.05, 3.63) is 29.8 Å². The number of carbonyl (C=O) groups is 3. The molecule has 21 heavy (non-hydrogen) atoms. The Bertz CT molecular complexity index is 541. The van der Waals surface area contributed by atoms with Gasteiger partial charge in [-0.3, -0.25) is 9.59 Å². The fourth-order valence-electron chi connectivity index (χ4n) is 1.90. The zero-order valence-electron chi connectivity index (χ0n) is 11.5. The van der Waals surface area contributed by atoms with Crippen LogP contribution < -0.4 is 10.6 Å². The number of amides is 2. The number of methoxy groups -OCH3 is 1. The Balaban J connectivity index is 1.86. The van der Waals surface area contributed by atoms with Gasteiger partial charge in [-0.2, -0.15) is 0 Å². The van der Waals surface area contributed by atoms with Crippen LogP contribution >= 0.6 is 0 Å². The molecular formula is C14H16N2O5. The first-order chi connectivity index (χ1) is 10.1. The van der Waals surface area contributed by atoms with E-state index in [-0.39, 0.29) is 24.9 Å². The van der Waals surface area contributed by atoms with Crippen LogP contribution in [-0.2, 0) is 19.1 Å². The van der Waals surface area contributed by atoms with Crippen LogP contribution in [0.4, 0.5) is 10.5 Å². The van der Waals surface area contributed by atoms with E-state index in [9.17, 15) is 14.4 Å². The quantitative estimate of drug-likeness (QED) is 0.799. The molecule has 1 saturated heterocycles. The average molecular weight is 292 g/mol. The maximum absolute atomic E-state index is 11.6. The lowest BCUT2D eigenvalue weighted by Crippen LogP contribution is -2.14. The number of ether oxygens (including phenoxy) is 2. The van der Waals surface area contributed by atoms with Gasteiger partial charge in [0.1, 0.15) is 6.10 Å². The van der Waals surface area contributed by atoms with Gasteiger partial charge in [0, 0.05) is 12.1 Å². The smallest absolute Gasteiger partial charge is 0.407 e. The second-order valence-electron chi connectivity index (χ2n) is 4.52. The van der Waals surface area contributed by atoms with Gasteiger partial charge in [-0.05, 0) is 17.7 Å². The fraction of sp³-hybridized carbons (Fsp3) is 0.357. The minimum absolute atomic E-state index is 0.0457. The topological polar surface area (TPSA) is 93.7 Å². The van der Waals surface area contributed by atoms with E-state index in [1.807, 2.05) is 0 Å². The highest BCUT2D eigenvalue weighted by Gasteiger charge is 2.23. The van der Waals surface area contributed by atoms with E-state index >= 15 is 0 Å². The van der Waals surface area contributed by atoms with Crippen molar-refractivity contribution in [2.24, 2.45) is 0 Å². The third-order valence-electron chi connectivity index (χ3n) is 3.03. The van der Waals surface area contributed by atoms with Gasteiger partial charge in [0.2, 0.25) is 5.91 Å². The largest absolute Gasteiger partial charge is 0.469 e. The Kier molecular flexibility index (Phi) is 4.76. The normalized spacial score (nSPS) is 16.8. The number of rotatable bonds is 5. The molecule has 0 saturated carbocycles. The van der Waals surface area contributed by atoms with Gasteiger partial charge in [0.05, 0.1) is 20.1 Å². The van der Waals surface area contributed by atoms with Crippen molar-refractivity contribution >= 4 is 23.7 Å². The highest BCUT2D eigenvalue weighted by molar-refractivity contribution is 5.92. The monoisotopic (exact) mass is 292 g/mol. The van der Waals surface area contributed by atoms with E-state index in [1.54, 1.807) is 24.3 Å². The fourth-order valence-corrected chi connectivity index (χ4v) is 1.90. The zero-order chi connectivity index (χ0) is 15.2. The maximum atomic E-state index is 11.6. The maximum Gasteiger partial charge on any atom is 0.407 e. The van der Waals surface area contributed by atoms with E-state index in [0.717, 1.165) is 5.56 Å². The molecule has 1 aromatic rings. The molecule has 2 amide bonds. The molecule has 0 aliphatic carbocycles. The molecule has 0 aromatic heterocycles. The predicted molar refractivity (Wildman–Crippen MR) is 73.5 cm³/mol.